The molecule has 2 N–H and O–H groups in total. The molecule has 0 bridgehead atoms. The molecule has 62 heavy (non-hydrogen) atoms. The molecule has 0 fully saturated rings. The summed E-state index contributed by atoms with van der Waals surface area (Å²) in [5, 5.41) is 0. The minimum absolute atomic E-state index is 0.260. The van der Waals surface area contributed by atoms with Gasteiger partial charge >= 0.3 is 0 Å². The van der Waals surface area contributed by atoms with Crippen LogP contribution in [0.3, 0.4) is 0 Å². The van der Waals surface area contributed by atoms with Crippen LogP contribution in [0.1, 0.15) is 139 Å². The smallest absolute Gasteiger partial charge is 0.0736 e. The Morgan fingerprint density at radius 2 is 1.55 bits per heavy atom. The average Bonchev–Trinajstić information content (AvgIpc) is 3.31. The highest BCUT2D eigenvalue weighted by molar-refractivity contribution is 5.84. The van der Waals surface area contributed by atoms with Gasteiger partial charge in [-0.1, -0.05) is 182 Å². The SMILES string of the molecule is C/C=C\CCC/C=C\CC.C=CC=NC1=C(C)/C(=C/C=C(\C)C(=C)C[C@](C)(/C=C\C)C(/C=C(C=C)/C(=C/C)/C=C(\C)c2cccnc2)=C/C)Cc2ccccc21.CC.CC.CN. The molecule has 2 aromatic rings. The molecule has 0 spiro atoms. The molecular formula is C59H85N3. The van der Waals surface area contributed by atoms with Crippen LogP contribution in [-0.2, 0) is 6.42 Å². The van der Waals surface area contributed by atoms with Crippen molar-refractivity contribution in [2.75, 3.05) is 7.05 Å². The number of rotatable bonds is 18. The third-order valence-corrected chi connectivity index (χ3v) is 10.0. The molecule has 1 heterocycles. The summed E-state index contributed by atoms with van der Waals surface area (Å²) in [5.74, 6) is 0. The Labute approximate surface area is 382 Å². The van der Waals surface area contributed by atoms with Crippen LogP contribution in [0.15, 0.2) is 198 Å². The highest BCUT2D eigenvalue weighted by atomic mass is 14.7. The third kappa shape index (κ3) is 20.9. The lowest BCUT2D eigenvalue weighted by Gasteiger charge is -2.30. The van der Waals surface area contributed by atoms with Gasteiger partial charge in [0.1, 0.15) is 0 Å². The summed E-state index contributed by atoms with van der Waals surface area (Å²) in [5.41, 5.74) is 18.1. The molecule has 3 rings (SSSR count). The Morgan fingerprint density at radius 3 is 2.11 bits per heavy atom. The number of fused-ring (bicyclic) bond motifs is 1. The standard InChI is InChI=1S/C44H50N2.C10H18.2C2H6.CH5N/c1-11-24-44(10,41(15-5)29-37(14-4)36(13-3)27-33(7)40-20-18-26-45-31-40)30-34(8)32(6)22-23-38-28-39-19-16-17-21-42(39)43(35(38)9)46-25-12-2;1-3-5-7-9-10-8-6-4-2;3*1-2/h11-27,29,31H,2,4,8,28,30H2,1,3,5-7,9-10H3;3,5-6,8H,4,7,9-10H2,1-2H3;2*1-2H3;2H2,1H3/b24-11-,32-22+,33-27+,36-13+,37-29+,38-23+,41-15+,46-25?;5-3-,8-6-;;;/t44-;;;;/m0..../s1. The molecule has 0 unspecified atom stereocenters. The van der Waals surface area contributed by atoms with E-state index in [0.29, 0.717) is 0 Å². The second-order valence-corrected chi connectivity index (χ2v) is 14.3. The van der Waals surface area contributed by atoms with E-state index >= 15 is 0 Å². The minimum atomic E-state index is -0.260. The number of hydrogen-bond acceptors (Lipinski definition) is 3. The van der Waals surface area contributed by atoms with Gasteiger partial charge in [0, 0.05) is 29.6 Å². The van der Waals surface area contributed by atoms with E-state index in [0.717, 1.165) is 46.4 Å². The molecule has 0 saturated heterocycles. The fourth-order valence-electron chi connectivity index (χ4n) is 6.68. The number of pyridine rings is 1. The topological polar surface area (TPSA) is 51.3 Å². The van der Waals surface area contributed by atoms with Crippen molar-refractivity contribution in [3.63, 3.8) is 0 Å². The van der Waals surface area contributed by atoms with Crippen molar-refractivity contribution >= 4 is 17.5 Å². The van der Waals surface area contributed by atoms with Gasteiger partial charge < -0.3 is 5.73 Å². The minimum Gasteiger partial charge on any atom is -0.333 e. The van der Waals surface area contributed by atoms with E-state index in [1.54, 1.807) is 18.5 Å². The molecule has 336 valence electrons. The Bertz CT molecular complexity index is 1960. The third-order valence-electron chi connectivity index (χ3n) is 10.0. The van der Waals surface area contributed by atoms with E-state index in [-0.39, 0.29) is 5.41 Å². The molecule has 0 saturated carbocycles. The van der Waals surface area contributed by atoms with Gasteiger partial charge in [0.25, 0.3) is 0 Å². The first-order valence-corrected chi connectivity index (χ1v) is 22.8. The number of aromatic nitrogens is 1. The van der Waals surface area contributed by atoms with Gasteiger partial charge in [-0.2, -0.15) is 0 Å². The summed E-state index contributed by atoms with van der Waals surface area (Å²) in [6.07, 6.45) is 42.3. The van der Waals surface area contributed by atoms with Crippen LogP contribution in [0.5, 0.6) is 0 Å². The van der Waals surface area contributed by atoms with Gasteiger partial charge in [-0.05, 0) is 150 Å². The number of aliphatic imine (C=N–C) groups is 1. The van der Waals surface area contributed by atoms with Crippen molar-refractivity contribution in [1.82, 2.24) is 4.98 Å². The fourth-order valence-corrected chi connectivity index (χ4v) is 6.68. The van der Waals surface area contributed by atoms with Crippen LogP contribution in [0.4, 0.5) is 0 Å². The number of unbranched alkanes of at least 4 members (excludes halogenated alkanes) is 2. The summed E-state index contributed by atoms with van der Waals surface area (Å²) in [4.78, 5) is 9.02. The maximum absolute atomic E-state index is 4.74. The number of allylic oxidation sites excluding steroid dienone is 22. The van der Waals surface area contributed by atoms with E-state index in [4.69, 9.17) is 4.99 Å². The van der Waals surface area contributed by atoms with Crippen molar-refractivity contribution in [3.05, 3.63) is 209 Å². The molecule has 3 nitrogen and oxygen atoms in total. The molecule has 1 atom stereocenters. The average molecular weight is 836 g/mol. The summed E-state index contributed by atoms with van der Waals surface area (Å²) in [7, 11) is 1.50. The van der Waals surface area contributed by atoms with E-state index in [9.17, 15) is 0 Å². The number of benzene rings is 1. The highest BCUT2D eigenvalue weighted by Crippen LogP contribution is 2.40. The highest BCUT2D eigenvalue weighted by Gasteiger charge is 2.26. The maximum atomic E-state index is 4.74. The molecule has 1 aliphatic rings. The van der Waals surface area contributed by atoms with Gasteiger partial charge in [-0.25, -0.2) is 0 Å². The van der Waals surface area contributed by atoms with Crippen LogP contribution in [-0.4, -0.2) is 18.2 Å². The number of nitrogens with zero attached hydrogens (tertiary/aromatic N) is 2. The van der Waals surface area contributed by atoms with E-state index < -0.39 is 0 Å². The second-order valence-electron chi connectivity index (χ2n) is 14.3. The van der Waals surface area contributed by atoms with Crippen molar-refractivity contribution in [2.45, 2.75) is 129 Å². The van der Waals surface area contributed by atoms with E-state index in [2.05, 4.69) is 196 Å². The zero-order valence-electron chi connectivity index (χ0n) is 41.6. The van der Waals surface area contributed by atoms with Gasteiger partial charge in [-0.3, -0.25) is 9.98 Å². The van der Waals surface area contributed by atoms with Crippen LogP contribution in [0, 0.1) is 5.41 Å². The van der Waals surface area contributed by atoms with Gasteiger partial charge in [0.05, 0.1) is 5.70 Å². The Morgan fingerprint density at radius 1 is 0.871 bits per heavy atom. The lowest BCUT2D eigenvalue weighted by atomic mass is 9.74. The van der Waals surface area contributed by atoms with E-state index in [1.807, 2.05) is 46.0 Å². The molecule has 1 aromatic heterocycles. The summed E-state index contributed by atoms with van der Waals surface area (Å²) < 4.78 is 0. The maximum Gasteiger partial charge on any atom is 0.0736 e. The normalized spacial score (nSPS) is 15.1. The van der Waals surface area contributed by atoms with Crippen LogP contribution in [0.2, 0.25) is 0 Å². The zero-order valence-corrected chi connectivity index (χ0v) is 41.6. The zero-order chi connectivity index (χ0) is 47.3. The quantitative estimate of drug-likeness (QED) is 0.0704. The Kier molecular flexibility index (Phi) is 34.4. The Balaban J connectivity index is 0. The molecule has 3 heteroatoms. The van der Waals surface area contributed by atoms with Gasteiger partial charge in [0.2, 0.25) is 0 Å². The van der Waals surface area contributed by atoms with Crippen LogP contribution in [0.25, 0.3) is 11.3 Å². The Hall–Kier alpha value is -5.38. The van der Waals surface area contributed by atoms with Crippen LogP contribution < -0.4 is 5.73 Å². The summed E-state index contributed by atoms with van der Waals surface area (Å²) in [6, 6.07) is 12.6. The largest absolute Gasteiger partial charge is 0.333 e. The predicted octanol–water partition coefficient (Wildman–Crippen LogP) is 17.5. The molecule has 0 amide bonds. The second kappa shape index (κ2) is 36.3. The van der Waals surface area contributed by atoms with Gasteiger partial charge in [-0.15, -0.1) is 0 Å². The van der Waals surface area contributed by atoms with Crippen molar-refractivity contribution in [2.24, 2.45) is 16.1 Å². The number of hydrogen-bond donors (Lipinski definition) is 1. The predicted molar refractivity (Wildman–Crippen MR) is 285 cm³/mol. The lowest BCUT2D eigenvalue weighted by molar-refractivity contribution is 0.521. The molecule has 1 aromatic carbocycles. The fraction of sp³-hybridized carbons (Fsp3) is 0.356. The first-order chi connectivity index (χ1) is 30.0. The summed E-state index contributed by atoms with van der Waals surface area (Å²) in [6.45, 7) is 39.8. The van der Waals surface area contributed by atoms with E-state index in [1.165, 1.54) is 66.2 Å². The molecule has 1 aliphatic carbocycles. The van der Waals surface area contributed by atoms with Crippen molar-refractivity contribution in [3.8, 4) is 0 Å². The van der Waals surface area contributed by atoms with Crippen molar-refractivity contribution < 1.29 is 0 Å². The van der Waals surface area contributed by atoms with Crippen LogP contribution >= 0.6 is 0 Å². The number of nitrogens with two attached hydrogens (primary N) is 1. The first kappa shape index (κ1) is 58.7. The summed E-state index contributed by atoms with van der Waals surface area (Å²) >= 11 is 0. The van der Waals surface area contributed by atoms with Crippen molar-refractivity contribution in [1.29, 1.82) is 0 Å². The molecular weight excluding hydrogens is 751 g/mol. The molecule has 0 aliphatic heterocycles. The first-order valence-electron chi connectivity index (χ1n) is 22.8. The lowest BCUT2D eigenvalue weighted by Crippen LogP contribution is -2.17. The molecule has 0 radical (unpaired) electrons. The monoisotopic (exact) mass is 836 g/mol. The van der Waals surface area contributed by atoms with Gasteiger partial charge in [0.15, 0.2) is 0 Å².